The molecular weight excluding hydrogens is 385 g/mol. The van der Waals surface area contributed by atoms with Gasteiger partial charge in [0.05, 0.1) is 6.54 Å². The lowest BCUT2D eigenvalue weighted by molar-refractivity contribution is -0.137. The van der Waals surface area contributed by atoms with Crippen molar-refractivity contribution < 1.29 is 24.9 Å². The highest BCUT2D eigenvalue weighted by Gasteiger charge is 2.38. The summed E-state index contributed by atoms with van der Waals surface area (Å²) in [5.41, 5.74) is 2.97. The number of aliphatic hydroxyl groups excluding tert-OH is 2. The molecule has 1 amide bonds. The number of benzene rings is 1. The lowest BCUT2D eigenvalue weighted by Gasteiger charge is -2.28. The Morgan fingerprint density at radius 2 is 1.69 bits per heavy atom. The highest BCUT2D eigenvalue weighted by atomic mass is 35.5. The zero-order valence-electron chi connectivity index (χ0n) is 13.9. The summed E-state index contributed by atoms with van der Waals surface area (Å²) >= 11 is 11.9. The fraction of sp³-hybridized carbons (Fsp3) is 0.500. The van der Waals surface area contributed by atoms with E-state index in [1.54, 1.807) is 12.1 Å². The van der Waals surface area contributed by atoms with Crippen molar-refractivity contribution >= 4 is 40.8 Å². The number of aliphatic hydroxyl groups is 2. The van der Waals surface area contributed by atoms with Gasteiger partial charge in [0, 0.05) is 28.6 Å². The standard InChI is InChI=1S/C16H21Cl2N3O5/c17-10-6-11(18)8-12(7-10)21-14(23)9-20(16(21)26)19-13(22)4-2-1-3-5-15(24)25/h6-8,14,16,23,26H,1-5,9H2,(H,19,22)(H,24,25). The van der Waals surface area contributed by atoms with Gasteiger partial charge in [-0.05, 0) is 31.0 Å². The van der Waals surface area contributed by atoms with Crippen LogP contribution >= 0.6 is 23.2 Å². The number of rotatable bonds is 8. The normalized spacial score (nSPS) is 20.4. The van der Waals surface area contributed by atoms with Crippen LogP contribution in [0, 0.1) is 0 Å². The van der Waals surface area contributed by atoms with Gasteiger partial charge in [-0.1, -0.05) is 29.6 Å². The van der Waals surface area contributed by atoms with Gasteiger partial charge in [0.25, 0.3) is 0 Å². The molecule has 8 nitrogen and oxygen atoms in total. The molecule has 2 unspecified atom stereocenters. The summed E-state index contributed by atoms with van der Waals surface area (Å²) in [6.07, 6.45) is -0.391. The van der Waals surface area contributed by atoms with E-state index < -0.39 is 18.5 Å². The number of nitrogens with zero attached hydrogens (tertiary/aromatic N) is 2. The number of hydrogen-bond donors (Lipinski definition) is 4. The number of β-amino-alcohol motifs (C(OH)–C–C–N with tert-alkyl or cyclic N) is 1. The molecule has 1 aromatic carbocycles. The summed E-state index contributed by atoms with van der Waals surface area (Å²) < 4.78 is 0. The SMILES string of the molecule is O=C(O)CCCCCC(=O)NN1CC(O)N(c2cc(Cl)cc(Cl)c2)C1O. The molecule has 0 radical (unpaired) electrons. The van der Waals surface area contributed by atoms with Crippen LogP contribution in [0.1, 0.15) is 32.1 Å². The number of anilines is 1. The molecule has 0 aliphatic carbocycles. The van der Waals surface area contributed by atoms with Crippen LogP contribution in [0.5, 0.6) is 0 Å². The molecule has 1 fully saturated rings. The largest absolute Gasteiger partial charge is 0.481 e. The van der Waals surface area contributed by atoms with Gasteiger partial charge in [-0.15, -0.1) is 0 Å². The van der Waals surface area contributed by atoms with Crippen molar-refractivity contribution in [3.8, 4) is 0 Å². The Hall–Kier alpha value is -1.58. The highest BCUT2D eigenvalue weighted by molar-refractivity contribution is 6.35. The van der Waals surface area contributed by atoms with Crippen molar-refractivity contribution in [2.75, 3.05) is 11.4 Å². The van der Waals surface area contributed by atoms with Crippen LogP contribution in [0.15, 0.2) is 18.2 Å². The predicted molar refractivity (Wildman–Crippen MR) is 96.5 cm³/mol. The number of hydrazine groups is 1. The summed E-state index contributed by atoms with van der Waals surface area (Å²) in [4.78, 5) is 23.7. The van der Waals surface area contributed by atoms with Crippen molar-refractivity contribution in [3.05, 3.63) is 28.2 Å². The van der Waals surface area contributed by atoms with E-state index in [0.29, 0.717) is 35.0 Å². The van der Waals surface area contributed by atoms with Gasteiger partial charge < -0.3 is 20.2 Å². The average Bonchev–Trinajstić information content (AvgIpc) is 2.79. The third-order valence-electron chi connectivity index (χ3n) is 3.92. The molecule has 1 aliphatic heterocycles. The van der Waals surface area contributed by atoms with E-state index in [-0.39, 0.29) is 25.3 Å². The summed E-state index contributed by atoms with van der Waals surface area (Å²) in [6, 6.07) is 4.63. The summed E-state index contributed by atoms with van der Waals surface area (Å²) in [5.74, 6) is -1.18. The van der Waals surface area contributed by atoms with Crippen LogP contribution in [0.4, 0.5) is 5.69 Å². The summed E-state index contributed by atoms with van der Waals surface area (Å²) in [6.45, 7) is -0.00392. The minimum absolute atomic E-state index is 0.00392. The minimum Gasteiger partial charge on any atom is -0.481 e. The fourth-order valence-corrected chi connectivity index (χ4v) is 3.23. The Labute approximate surface area is 160 Å². The Morgan fingerprint density at radius 3 is 2.31 bits per heavy atom. The number of unbranched alkanes of at least 4 members (excludes halogenated alkanes) is 2. The van der Waals surface area contributed by atoms with E-state index in [4.69, 9.17) is 28.3 Å². The lowest BCUT2D eigenvalue weighted by Crippen LogP contribution is -2.49. The van der Waals surface area contributed by atoms with E-state index >= 15 is 0 Å². The Kier molecular flexibility index (Phi) is 7.48. The second kappa shape index (κ2) is 9.38. The van der Waals surface area contributed by atoms with Crippen LogP contribution in [0.25, 0.3) is 0 Å². The minimum atomic E-state index is -1.28. The second-order valence-corrected chi connectivity index (χ2v) is 6.88. The molecule has 0 spiro atoms. The molecule has 4 N–H and O–H groups in total. The van der Waals surface area contributed by atoms with Crippen LogP contribution in [-0.4, -0.2) is 51.3 Å². The van der Waals surface area contributed by atoms with E-state index in [9.17, 15) is 19.8 Å². The number of carbonyl (C=O) groups is 2. The topological polar surface area (TPSA) is 113 Å². The number of carbonyl (C=O) groups excluding carboxylic acids is 1. The fourth-order valence-electron chi connectivity index (χ4n) is 2.71. The Morgan fingerprint density at radius 1 is 1.08 bits per heavy atom. The molecule has 1 aliphatic rings. The predicted octanol–water partition coefficient (Wildman–Crippen LogP) is 1.78. The van der Waals surface area contributed by atoms with Gasteiger partial charge >= 0.3 is 5.97 Å². The molecule has 144 valence electrons. The molecule has 0 saturated carbocycles. The Bertz CT molecular complexity index is 641. The van der Waals surface area contributed by atoms with Gasteiger partial charge in [-0.25, -0.2) is 0 Å². The third kappa shape index (κ3) is 5.72. The molecule has 26 heavy (non-hydrogen) atoms. The quantitative estimate of drug-likeness (QED) is 0.487. The first-order valence-electron chi connectivity index (χ1n) is 8.16. The van der Waals surface area contributed by atoms with Crippen LogP contribution in [0.2, 0.25) is 10.0 Å². The van der Waals surface area contributed by atoms with E-state index in [2.05, 4.69) is 5.43 Å². The van der Waals surface area contributed by atoms with Crippen molar-refractivity contribution in [2.24, 2.45) is 0 Å². The first kappa shape index (κ1) is 20.7. The van der Waals surface area contributed by atoms with Crippen molar-refractivity contribution in [2.45, 2.75) is 44.7 Å². The van der Waals surface area contributed by atoms with E-state index in [0.717, 1.165) is 0 Å². The lowest BCUT2D eigenvalue weighted by atomic mass is 10.1. The molecule has 0 aromatic heterocycles. The Balaban J connectivity index is 1.87. The number of carboxylic acids is 1. The number of aliphatic carboxylic acids is 1. The molecule has 1 heterocycles. The first-order chi connectivity index (χ1) is 12.3. The van der Waals surface area contributed by atoms with Gasteiger partial charge in [0.1, 0.15) is 6.23 Å². The van der Waals surface area contributed by atoms with Crippen LogP contribution in [0.3, 0.4) is 0 Å². The van der Waals surface area contributed by atoms with Gasteiger partial charge in [-0.2, -0.15) is 5.01 Å². The maximum absolute atomic E-state index is 12.0. The van der Waals surface area contributed by atoms with Gasteiger partial charge in [0.15, 0.2) is 0 Å². The van der Waals surface area contributed by atoms with E-state index in [1.165, 1.54) is 16.0 Å². The second-order valence-electron chi connectivity index (χ2n) is 6.00. The monoisotopic (exact) mass is 405 g/mol. The molecule has 1 aromatic rings. The molecule has 2 atom stereocenters. The van der Waals surface area contributed by atoms with Crippen molar-refractivity contribution in [1.82, 2.24) is 10.4 Å². The highest BCUT2D eigenvalue weighted by Crippen LogP contribution is 2.30. The number of halogens is 2. The van der Waals surface area contributed by atoms with E-state index in [1.807, 2.05) is 0 Å². The van der Waals surface area contributed by atoms with Crippen LogP contribution < -0.4 is 10.3 Å². The maximum atomic E-state index is 12.0. The molecule has 0 bridgehead atoms. The first-order valence-corrected chi connectivity index (χ1v) is 8.92. The molecule has 10 heteroatoms. The smallest absolute Gasteiger partial charge is 0.303 e. The maximum Gasteiger partial charge on any atom is 0.303 e. The third-order valence-corrected chi connectivity index (χ3v) is 4.35. The van der Waals surface area contributed by atoms with Crippen molar-refractivity contribution in [3.63, 3.8) is 0 Å². The van der Waals surface area contributed by atoms with Gasteiger partial charge in [0.2, 0.25) is 12.3 Å². The number of amides is 1. The molecule has 2 rings (SSSR count). The number of carboxylic acid groups (broad SMARTS) is 1. The average molecular weight is 406 g/mol. The molecular formula is C16H21Cl2N3O5. The summed E-state index contributed by atoms with van der Waals surface area (Å²) in [5, 5.41) is 31.1. The van der Waals surface area contributed by atoms with Crippen LogP contribution in [-0.2, 0) is 9.59 Å². The molecule has 1 saturated heterocycles. The van der Waals surface area contributed by atoms with Gasteiger partial charge in [-0.3, -0.25) is 15.0 Å². The van der Waals surface area contributed by atoms with Crippen molar-refractivity contribution in [1.29, 1.82) is 0 Å². The number of nitrogens with one attached hydrogen (secondary N) is 1. The zero-order chi connectivity index (χ0) is 19.3. The zero-order valence-corrected chi connectivity index (χ0v) is 15.4. The number of hydrogen-bond acceptors (Lipinski definition) is 6. The summed E-state index contributed by atoms with van der Waals surface area (Å²) in [7, 11) is 0.